The van der Waals surface area contributed by atoms with Gasteiger partial charge in [0.1, 0.15) is 0 Å². The van der Waals surface area contributed by atoms with Gasteiger partial charge in [0, 0.05) is 12.1 Å². The minimum absolute atomic E-state index is 0.123. The van der Waals surface area contributed by atoms with Gasteiger partial charge in [-0.2, -0.15) is 0 Å². The molecule has 6 nitrogen and oxygen atoms in total. The lowest BCUT2D eigenvalue weighted by Gasteiger charge is -2.12. The number of amides is 1. The molecule has 2 N–H and O–H groups in total. The number of hydrogen-bond acceptors (Lipinski definition) is 4. The van der Waals surface area contributed by atoms with Crippen molar-refractivity contribution in [3.63, 3.8) is 0 Å². The van der Waals surface area contributed by atoms with Crippen molar-refractivity contribution in [1.29, 1.82) is 0 Å². The second-order valence-electron chi connectivity index (χ2n) is 6.55. The Morgan fingerprint density at radius 3 is 2.33 bits per heavy atom. The van der Waals surface area contributed by atoms with Crippen LogP contribution in [0.1, 0.15) is 29.3 Å². The number of benzene rings is 2. The predicted molar refractivity (Wildman–Crippen MR) is 109 cm³/mol. The number of carbonyl (C=O) groups is 1. The smallest absolute Gasteiger partial charge is 0.261 e. The van der Waals surface area contributed by atoms with Gasteiger partial charge in [-0.25, -0.2) is 8.42 Å². The number of nitrogens with zero attached hydrogens (tertiary/aromatic N) is 1. The number of para-hydroxylation sites is 1. The van der Waals surface area contributed by atoms with Crippen molar-refractivity contribution in [1.82, 2.24) is 10.2 Å². The number of sulfonamides is 1. The highest BCUT2D eigenvalue weighted by atomic mass is 32.2. The molecule has 0 fully saturated rings. The SMILES string of the molecule is CCc1ccccc1NS(=O)(=O)c1ccc(C(=O)NCCCN(C)C)cc1. The molecule has 0 unspecified atom stereocenters. The summed E-state index contributed by atoms with van der Waals surface area (Å²) in [4.78, 5) is 14.3. The average molecular weight is 390 g/mol. The molecule has 0 heterocycles. The third-order valence-electron chi connectivity index (χ3n) is 4.14. The number of hydrogen-bond donors (Lipinski definition) is 2. The van der Waals surface area contributed by atoms with Crippen LogP contribution in [-0.2, 0) is 16.4 Å². The summed E-state index contributed by atoms with van der Waals surface area (Å²) in [5.41, 5.74) is 1.94. The van der Waals surface area contributed by atoms with Crippen LogP contribution in [0, 0.1) is 0 Å². The topological polar surface area (TPSA) is 78.5 Å². The number of anilines is 1. The van der Waals surface area contributed by atoms with Crippen LogP contribution in [-0.4, -0.2) is 46.4 Å². The van der Waals surface area contributed by atoms with Crippen molar-refractivity contribution in [2.75, 3.05) is 31.9 Å². The molecule has 27 heavy (non-hydrogen) atoms. The van der Waals surface area contributed by atoms with E-state index in [1.807, 2.05) is 33.2 Å². The molecule has 1 amide bonds. The zero-order valence-corrected chi connectivity index (χ0v) is 16.8. The fraction of sp³-hybridized carbons (Fsp3) is 0.350. The molecule has 2 aromatic carbocycles. The lowest BCUT2D eigenvalue weighted by molar-refractivity contribution is 0.0952. The molecule has 0 aliphatic carbocycles. The van der Waals surface area contributed by atoms with E-state index in [0.29, 0.717) is 17.8 Å². The normalized spacial score (nSPS) is 11.4. The molecular formula is C20H27N3O3S. The molecule has 0 spiro atoms. The van der Waals surface area contributed by atoms with Gasteiger partial charge in [-0.3, -0.25) is 9.52 Å². The van der Waals surface area contributed by atoms with Crippen LogP contribution in [0.5, 0.6) is 0 Å². The van der Waals surface area contributed by atoms with Crippen LogP contribution in [0.15, 0.2) is 53.4 Å². The van der Waals surface area contributed by atoms with Gasteiger partial charge in [-0.15, -0.1) is 0 Å². The van der Waals surface area contributed by atoms with Gasteiger partial charge in [0.2, 0.25) is 0 Å². The van der Waals surface area contributed by atoms with Gasteiger partial charge >= 0.3 is 0 Å². The van der Waals surface area contributed by atoms with Gasteiger partial charge in [0.05, 0.1) is 10.6 Å². The van der Waals surface area contributed by atoms with E-state index >= 15 is 0 Å². The molecular weight excluding hydrogens is 362 g/mol. The Balaban J connectivity index is 2.04. The van der Waals surface area contributed by atoms with Crippen molar-refractivity contribution in [2.24, 2.45) is 0 Å². The Morgan fingerprint density at radius 2 is 1.70 bits per heavy atom. The van der Waals surface area contributed by atoms with E-state index in [9.17, 15) is 13.2 Å². The average Bonchev–Trinajstić information content (AvgIpc) is 2.65. The Hall–Kier alpha value is -2.38. The first kappa shape index (κ1) is 20.9. The summed E-state index contributed by atoms with van der Waals surface area (Å²) in [6.07, 6.45) is 1.58. The summed E-state index contributed by atoms with van der Waals surface area (Å²) >= 11 is 0. The Bertz CT molecular complexity index is 862. The van der Waals surface area contributed by atoms with Gasteiger partial charge in [0.15, 0.2) is 0 Å². The molecule has 2 aromatic rings. The summed E-state index contributed by atoms with van der Waals surface area (Å²) < 4.78 is 27.8. The third-order valence-corrected chi connectivity index (χ3v) is 5.52. The molecule has 0 saturated heterocycles. The van der Waals surface area contributed by atoms with Crippen LogP contribution in [0.25, 0.3) is 0 Å². The van der Waals surface area contributed by atoms with Crippen LogP contribution in [0.2, 0.25) is 0 Å². The van der Waals surface area contributed by atoms with E-state index in [4.69, 9.17) is 0 Å². The number of nitrogens with one attached hydrogen (secondary N) is 2. The maximum absolute atomic E-state index is 12.6. The molecule has 0 aliphatic rings. The molecule has 0 bridgehead atoms. The highest BCUT2D eigenvalue weighted by molar-refractivity contribution is 7.92. The fourth-order valence-corrected chi connectivity index (χ4v) is 3.72. The van der Waals surface area contributed by atoms with Crippen molar-refractivity contribution < 1.29 is 13.2 Å². The van der Waals surface area contributed by atoms with E-state index in [2.05, 4.69) is 14.9 Å². The Kier molecular flexibility index (Phi) is 7.38. The van der Waals surface area contributed by atoms with Gasteiger partial charge in [0.25, 0.3) is 15.9 Å². The van der Waals surface area contributed by atoms with E-state index < -0.39 is 10.0 Å². The summed E-state index contributed by atoms with van der Waals surface area (Å²) in [6.45, 7) is 3.44. The summed E-state index contributed by atoms with van der Waals surface area (Å²) in [5.74, 6) is -0.206. The van der Waals surface area contributed by atoms with Gasteiger partial charge < -0.3 is 10.2 Å². The minimum Gasteiger partial charge on any atom is -0.352 e. The van der Waals surface area contributed by atoms with E-state index in [1.165, 1.54) is 24.3 Å². The van der Waals surface area contributed by atoms with Crippen LogP contribution in [0.4, 0.5) is 5.69 Å². The highest BCUT2D eigenvalue weighted by Gasteiger charge is 2.16. The first-order chi connectivity index (χ1) is 12.8. The number of carbonyl (C=O) groups excluding carboxylic acids is 1. The van der Waals surface area contributed by atoms with E-state index in [0.717, 1.165) is 24.9 Å². The number of rotatable bonds is 9. The molecule has 7 heteroatoms. The largest absolute Gasteiger partial charge is 0.352 e. The van der Waals surface area contributed by atoms with Crippen molar-refractivity contribution in [2.45, 2.75) is 24.7 Å². The lowest BCUT2D eigenvalue weighted by atomic mass is 10.1. The molecule has 2 rings (SSSR count). The minimum atomic E-state index is -3.71. The summed E-state index contributed by atoms with van der Waals surface area (Å²) in [7, 11) is 0.254. The van der Waals surface area contributed by atoms with Gasteiger partial charge in [-0.05, 0) is 69.4 Å². The van der Waals surface area contributed by atoms with Crippen LogP contribution >= 0.6 is 0 Å². The monoisotopic (exact) mass is 389 g/mol. The van der Waals surface area contributed by atoms with Gasteiger partial charge in [-0.1, -0.05) is 25.1 Å². The second-order valence-corrected chi connectivity index (χ2v) is 8.24. The maximum atomic E-state index is 12.6. The van der Waals surface area contributed by atoms with Crippen LogP contribution in [0.3, 0.4) is 0 Å². The molecule has 146 valence electrons. The standard InChI is InChI=1S/C20H27N3O3S/c1-4-16-8-5-6-9-19(16)22-27(25,26)18-12-10-17(11-13-18)20(24)21-14-7-15-23(2)3/h5-6,8-13,22H,4,7,14-15H2,1-3H3,(H,21,24). The Morgan fingerprint density at radius 1 is 1.04 bits per heavy atom. The molecule has 0 saturated carbocycles. The Labute approximate surface area is 161 Å². The zero-order chi connectivity index (χ0) is 19.9. The lowest BCUT2D eigenvalue weighted by Crippen LogP contribution is -2.27. The van der Waals surface area contributed by atoms with Crippen LogP contribution < -0.4 is 10.0 Å². The predicted octanol–water partition coefficient (Wildman–Crippen LogP) is 2.73. The molecule has 0 radical (unpaired) electrons. The first-order valence-electron chi connectivity index (χ1n) is 8.97. The first-order valence-corrected chi connectivity index (χ1v) is 10.5. The fourth-order valence-electron chi connectivity index (χ4n) is 2.62. The zero-order valence-electron chi connectivity index (χ0n) is 16.0. The van der Waals surface area contributed by atoms with Crippen molar-refractivity contribution in [3.8, 4) is 0 Å². The van der Waals surface area contributed by atoms with E-state index in [1.54, 1.807) is 12.1 Å². The summed E-state index contributed by atoms with van der Waals surface area (Å²) in [5, 5.41) is 2.84. The molecule has 0 atom stereocenters. The second kappa shape index (κ2) is 9.53. The highest BCUT2D eigenvalue weighted by Crippen LogP contribution is 2.20. The molecule has 0 aliphatic heterocycles. The number of aryl methyl sites for hydroxylation is 1. The quantitative estimate of drug-likeness (QED) is 0.647. The third kappa shape index (κ3) is 6.08. The summed E-state index contributed by atoms with van der Waals surface area (Å²) in [6, 6.07) is 13.3. The maximum Gasteiger partial charge on any atom is 0.261 e. The van der Waals surface area contributed by atoms with E-state index in [-0.39, 0.29) is 10.8 Å². The molecule has 0 aromatic heterocycles. The van der Waals surface area contributed by atoms with Crippen molar-refractivity contribution >= 4 is 21.6 Å². The van der Waals surface area contributed by atoms with Crippen molar-refractivity contribution in [3.05, 3.63) is 59.7 Å².